The van der Waals surface area contributed by atoms with Crippen LogP contribution in [0.25, 0.3) is 0 Å². The predicted octanol–water partition coefficient (Wildman–Crippen LogP) is 2.53. The summed E-state index contributed by atoms with van der Waals surface area (Å²) in [5.74, 6) is 0.873. The maximum absolute atomic E-state index is 12.2. The number of fused-ring (bicyclic) bond motifs is 1. The van der Waals surface area contributed by atoms with E-state index in [1.54, 1.807) is 18.2 Å². The van der Waals surface area contributed by atoms with Crippen LogP contribution in [-0.4, -0.2) is 38.5 Å². The molecule has 0 atom stereocenters. The topological polar surface area (TPSA) is 81.7 Å². The lowest BCUT2D eigenvalue weighted by Crippen LogP contribution is -2.24. The largest absolute Gasteiger partial charge is 0.490 e. The van der Waals surface area contributed by atoms with Gasteiger partial charge < -0.3 is 14.8 Å². The molecular formula is C17H23NO5S. The van der Waals surface area contributed by atoms with Gasteiger partial charge in [-0.25, -0.2) is 8.42 Å². The standard InChI is InChI=1S/C17H23NO5S/c19-17(8-11-24(20,21)14-4-1-2-5-14)18-13-6-7-15-16(12-13)23-10-3-9-22-15/h6-7,12,14H,1-5,8-11H2,(H,18,19). The van der Waals surface area contributed by atoms with Crippen LogP contribution in [0, 0.1) is 0 Å². The zero-order valence-corrected chi connectivity index (χ0v) is 14.4. The van der Waals surface area contributed by atoms with E-state index in [-0.39, 0.29) is 23.3 Å². The molecule has 6 nitrogen and oxygen atoms in total. The van der Waals surface area contributed by atoms with Crippen molar-refractivity contribution in [1.82, 2.24) is 0 Å². The summed E-state index contributed by atoms with van der Waals surface area (Å²) in [6.07, 6.45) is 4.18. The number of benzene rings is 1. The molecule has 1 N–H and O–H groups in total. The summed E-state index contributed by atoms with van der Waals surface area (Å²) in [7, 11) is -3.17. The fraction of sp³-hybridized carbons (Fsp3) is 0.588. The van der Waals surface area contributed by atoms with E-state index in [0.717, 1.165) is 32.1 Å². The molecule has 0 bridgehead atoms. The molecule has 0 aromatic heterocycles. The highest BCUT2D eigenvalue weighted by Crippen LogP contribution is 2.32. The number of rotatable bonds is 5. The van der Waals surface area contributed by atoms with Crippen LogP contribution >= 0.6 is 0 Å². The molecule has 1 aliphatic heterocycles. The third kappa shape index (κ3) is 4.20. The Hall–Kier alpha value is -1.76. The minimum Gasteiger partial charge on any atom is -0.490 e. The monoisotopic (exact) mass is 353 g/mol. The Kier molecular flexibility index (Phi) is 5.28. The maximum atomic E-state index is 12.2. The molecule has 0 spiro atoms. The summed E-state index contributed by atoms with van der Waals surface area (Å²) in [6, 6.07) is 5.20. The Morgan fingerprint density at radius 3 is 2.54 bits per heavy atom. The van der Waals surface area contributed by atoms with Crippen molar-refractivity contribution in [2.24, 2.45) is 0 Å². The molecule has 1 saturated carbocycles. The Morgan fingerprint density at radius 1 is 1.08 bits per heavy atom. The van der Waals surface area contributed by atoms with Gasteiger partial charge in [-0.1, -0.05) is 12.8 Å². The lowest BCUT2D eigenvalue weighted by molar-refractivity contribution is -0.115. The lowest BCUT2D eigenvalue weighted by atomic mass is 10.2. The second kappa shape index (κ2) is 7.42. The van der Waals surface area contributed by atoms with Crippen LogP contribution in [0.5, 0.6) is 11.5 Å². The summed E-state index contributed by atoms with van der Waals surface area (Å²) in [6.45, 7) is 1.18. The molecule has 1 heterocycles. The predicted molar refractivity (Wildman–Crippen MR) is 91.3 cm³/mol. The molecule has 0 radical (unpaired) electrons. The van der Waals surface area contributed by atoms with E-state index in [1.165, 1.54) is 0 Å². The molecule has 1 aromatic carbocycles. The Morgan fingerprint density at radius 2 is 1.79 bits per heavy atom. The molecule has 7 heteroatoms. The van der Waals surface area contributed by atoms with Crippen LogP contribution in [0.2, 0.25) is 0 Å². The Balaban J connectivity index is 1.56. The third-order valence-electron chi connectivity index (χ3n) is 4.45. The van der Waals surface area contributed by atoms with E-state index in [9.17, 15) is 13.2 Å². The Labute approximate surface area is 142 Å². The number of hydrogen-bond acceptors (Lipinski definition) is 5. The zero-order chi connectivity index (χ0) is 17.0. The summed E-state index contributed by atoms with van der Waals surface area (Å²) in [5, 5.41) is 2.48. The van der Waals surface area contributed by atoms with Gasteiger partial charge in [0.25, 0.3) is 0 Å². The average Bonchev–Trinajstić information content (AvgIpc) is 3.01. The first kappa shape index (κ1) is 17.1. The van der Waals surface area contributed by atoms with Gasteiger partial charge in [0, 0.05) is 24.6 Å². The first-order valence-electron chi connectivity index (χ1n) is 8.46. The number of nitrogens with one attached hydrogen (secondary N) is 1. The van der Waals surface area contributed by atoms with E-state index in [4.69, 9.17) is 9.47 Å². The maximum Gasteiger partial charge on any atom is 0.225 e. The number of amides is 1. The van der Waals surface area contributed by atoms with Crippen LogP contribution in [-0.2, 0) is 14.6 Å². The number of anilines is 1. The van der Waals surface area contributed by atoms with Crippen LogP contribution in [0.15, 0.2) is 18.2 Å². The van der Waals surface area contributed by atoms with Crippen molar-refractivity contribution >= 4 is 21.4 Å². The van der Waals surface area contributed by atoms with E-state index in [2.05, 4.69) is 5.32 Å². The van der Waals surface area contributed by atoms with E-state index < -0.39 is 9.84 Å². The highest BCUT2D eigenvalue weighted by atomic mass is 32.2. The molecule has 132 valence electrons. The fourth-order valence-electron chi connectivity index (χ4n) is 3.11. The molecule has 24 heavy (non-hydrogen) atoms. The molecule has 1 fully saturated rings. The van der Waals surface area contributed by atoms with Gasteiger partial charge in [-0.3, -0.25) is 4.79 Å². The first-order chi connectivity index (χ1) is 11.5. The summed E-state index contributed by atoms with van der Waals surface area (Å²) < 4.78 is 35.5. The molecule has 1 amide bonds. The highest BCUT2D eigenvalue weighted by Gasteiger charge is 2.28. The van der Waals surface area contributed by atoms with Gasteiger partial charge in [0.15, 0.2) is 21.3 Å². The van der Waals surface area contributed by atoms with Gasteiger partial charge in [-0.05, 0) is 25.0 Å². The second-order valence-corrected chi connectivity index (χ2v) is 8.68. The van der Waals surface area contributed by atoms with Crippen molar-refractivity contribution in [2.75, 3.05) is 24.3 Å². The minimum absolute atomic E-state index is 0.0206. The van der Waals surface area contributed by atoms with Crippen molar-refractivity contribution in [1.29, 1.82) is 0 Å². The van der Waals surface area contributed by atoms with Crippen molar-refractivity contribution in [3.8, 4) is 11.5 Å². The zero-order valence-electron chi connectivity index (χ0n) is 13.6. The van der Waals surface area contributed by atoms with Gasteiger partial charge in [-0.15, -0.1) is 0 Å². The molecular weight excluding hydrogens is 330 g/mol. The number of hydrogen-bond donors (Lipinski definition) is 1. The number of sulfone groups is 1. The summed E-state index contributed by atoms with van der Waals surface area (Å²) >= 11 is 0. The fourth-order valence-corrected chi connectivity index (χ4v) is 4.97. The van der Waals surface area contributed by atoms with E-state index >= 15 is 0 Å². The normalized spacial score (nSPS) is 18.2. The molecule has 0 unspecified atom stereocenters. The molecule has 1 aliphatic carbocycles. The smallest absolute Gasteiger partial charge is 0.225 e. The van der Waals surface area contributed by atoms with Crippen molar-refractivity contribution in [3.63, 3.8) is 0 Å². The van der Waals surface area contributed by atoms with Gasteiger partial charge >= 0.3 is 0 Å². The molecule has 3 rings (SSSR count). The third-order valence-corrected chi connectivity index (χ3v) is 6.72. The van der Waals surface area contributed by atoms with Crippen LogP contribution < -0.4 is 14.8 Å². The van der Waals surface area contributed by atoms with Gasteiger partial charge in [-0.2, -0.15) is 0 Å². The average molecular weight is 353 g/mol. The van der Waals surface area contributed by atoms with Crippen molar-refractivity contribution in [3.05, 3.63) is 18.2 Å². The van der Waals surface area contributed by atoms with Crippen molar-refractivity contribution < 1.29 is 22.7 Å². The van der Waals surface area contributed by atoms with Crippen LogP contribution in [0.3, 0.4) is 0 Å². The molecule has 1 aromatic rings. The van der Waals surface area contributed by atoms with Crippen molar-refractivity contribution in [2.45, 2.75) is 43.8 Å². The summed E-state index contributed by atoms with van der Waals surface area (Å²) in [5.41, 5.74) is 0.586. The van der Waals surface area contributed by atoms with Crippen LogP contribution in [0.4, 0.5) is 5.69 Å². The Bertz CT molecular complexity index is 695. The number of carbonyl (C=O) groups excluding carboxylic acids is 1. The number of ether oxygens (including phenoxy) is 2. The summed E-state index contributed by atoms with van der Waals surface area (Å²) in [4.78, 5) is 12.1. The number of carbonyl (C=O) groups is 1. The minimum atomic E-state index is -3.17. The second-order valence-electron chi connectivity index (χ2n) is 6.28. The van der Waals surface area contributed by atoms with Gasteiger partial charge in [0.1, 0.15) is 0 Å². The van der Waals surface area contributed by atoms with E-state index in [0.29, 0.717) is 30.4 Å². The molecule has 0 saturated heterocycles. The van der Waals surface area contributed by atoms with Gasteiger partial charge in [0.05, 0.1) is 24.2 Å². The highest BCUT2D eigenvalue weighted by molar-refractivity contribution is 7.92. The molecule has 2 aliphatic rings. The van der Waals surface area contributed by atoms with Crippen LogP contribution in [0.1, 0.15) is 38.5 Å². The van der Waals surface area contributed by atoms with Gasteiger partial charge in [0.2, 0.25) is 5.91 Å². The lowest BCUT2D eigenvalue weighted by Gasteiger charge is -2.12. The SMILES string of the molecule is O=C(CCS(=O)(=O)C1CCCC1)Nc1ccc2c(c1)OCCCO2. The first-order valence-corrected chi connectivity index (χ1v) is 10.2. The van der Waals surface area contributed by atoms with E-state index in [1.807, 2.05) is 0 Å². The quantitative estimate of drug-likeness (QED) is 0.880.